The van der Waals surface area contributed by atoms with E-state index in [0.29, 0.717) is 5.75 Å². The minimum absolute atomic E-state index is 0.00359. The standard InChI is InChI=1S/C12H13ClFNO2/c13-10-7-9(3-4-11(10)14)17-8-12(16)15-5-1-2-6-15/h3-4,7H,1-2,5-6,8H2. The highest BCUT2D eigenvalue weighted by Crippen LogP contribution is 2.21. The Bertz CT molecular complexity index is 419. The van der Waals surface area contributed by atoms with Crippen molar-refractivity contribution in [1.29, 1.82) is 0 Å². The average Bonchev–Trinajstić information content (AvgIpc) is 2.84. The zero-order valence-electron chi connectivity index (χ0n) is 9.29. The van der Waals surface area contributed by atoms with E-state index in [-0.39, 0.29) is 17.5 Å². The number of likely N-dealkylation sites (tertiary alicyclic amines) is 1. The second-order valence-electron chi connectivity index (χ2n) is 3.95. The molecule has 1 aliphatic heterocycles. The van der Waals surface area contributed by atoms with E-state index in [1.54, 1.807) is 4.90 Å². The summed E-state index contributed by atoms with van der Waals surface area (Å²) in [6.07, 6.45) is 2.10. The van der Waals surface area contributed by atoms with Crippen molar-refractivity contribution >= 4 is 17.5 Å². The largest absolute Gasteiger partial charge is 0.484 e. The van der Waals surface area contributed by atoms with Gasteiger partial charge in [-0.05, 0) is 25.0 Å². The molecule has 1 aromatic carbocycles. The number of hydrogen-bond donors (Lipinski definition) is 0. The molecule has 17 heavy (non-hydrogen) atoms. The predicted octanol–water partition coefficient (Wildman–Crippen LogP) is 2.48. The van der Waals surface area contributed by atoms with Gasteiger partial charge < -0.3 is 9.64 Å². The van der Waals surface area contributed by atoms with E-state index in [9.17, 15) is 9.18 Å². The molecule has 1 aromatic rings. The van der Waals surface area contributed by atoms with E-state index in [2.05, 4.69) is 0 Å². The van der Waals surface area contributed by atoms with Crippen LogP contribution in [0.5, 0.6) is 5.75 Å². The molecular weight excluding hydrogens is 245 g/mol. The van der Waals surface area contributed by atoms with Gasteiger partial charge >= 0.3 is 0 Å². The maximum atomic E-state index is 12.9. The Hall–Kier alpha value is -1.29. The van der Waals surface area contributed by atoms with Gasteiger partial charge in [-0.2, -0.15) is 0 Å². The Kier molecular flexibility index (Phi) is 3.84. The Morgan fingerprint density at radius 1 is 1.41 bits per heavy atom. The number of rotatable bonds is 3. The maximum Gasteiger partial charge on any atom is 0.260 e. The van der Waals surface area contributed by atoms with Gasteiger partial charge in [-0.25, -0.2) is 4.39 Å². The van der Waals surface area contributed by atoms with Gasteiger partial charge in [-0.15, -0.1) is 0 Å². The lowest BCUT2D eigenvalue weighted by molar-refractivity contribution is -0.132. The Morgan fingerprint density at radius 3 is 2.76 bits per heavy atom. The summed E-state index contributed by atoms with van der Waals surface area (Å²) in [6, 6.07) is 4.05. The van der Waals surface area contributed by atoms with Crippen molar-refractivity contribution < 1.29 is 13.9 Å². The highest BCUT2D eigenvalue weighted by Gasteiger charge is 2.18. The number of carbonyl (C=O) groups is 1. The second-order valence-corrected chi connectivity index (χ2v) is 4.36. The van der Waals surface area contributed by atoms with Gasteiger partial charge in [0.25, 0.3) is 5.91 Å². The van der Waals surface area contributed by atoms with Crippen LogP contribution in [0, 0.1) is 5.82 Å². The van der Waals surface area contributed by atoms with E-state index in [0.717, 1.165) is 25.9 Å². The minimum Gasteiger partial charge on any atom is -0.484 e. The van der Waals surface area contributed by atoms with Crippen molar-refractivity contribution in [3.05, 3.63) is 29.0 Å². The van der Waals surface area contributed by atoms with Crippen LogP contribution in [0.4, 0.5) is 4.39 Å². The first-order chi connectivity index (χ1) is 8.16. The SMILES string of the molecule is O=C(COc1ccc(F)c(Cl)c1)N1CCCC1. The van der Waals surface area contributed by atoms with Crippen molar-refractivity contribution in [3.63, 3.8) is 0 Å². The molecule has 0 atom stereocenters. The summed E-state index contributed by atoms with van der Waals surface area (Å²) in [5.41, 5.74) is 0. The first-order valence-corrected chi connectivity index (χ1v) is 5.90. The van der Waals surface area contributed by atoms with Crippen LogP contribution in [0.3, 0.4) is 0 Å². The summed E-state index contributed by atoms with van der Waals surface area (Å²) in [5.74, 6) is -0.128. The molecule has 0 unspecified atom stereocenters. The van der Waals surface area contributed by atoms with Crippen LogP contribution in [0.1, 0.15) is 12.8 Å². The molecule has 1 fully saturated rings. The molecule has 5 heteroatoms. The van der Waals surface area contributed by atoms with Gasteiger partial charge in [0.2, 0.25) is 0 Å². The lowest BCUT2D eigenvalue weighted by atomic mass is 10.3. The van der Waals surface area contributed by atoms with Crippen LogP contribution in [-0.2, 0) is 4.79 Å². The van der Waals surface area contributed by atoms with Gasteiger partial charge in [0, 0.05) is 19.2 Å². The number of carbonyl (C=O) groups excluding carboxylic acids is 1. The molecule has 0 spiro atoms. The Morgan fingerprint density at radius 2 is 2.12 bits per heavy atom. The van der Waals surface area contributed by atoms with Crippen molar-refractivity contribution in [2.45, 2.75) is 12.8 Å². The number of halogens is 2. The second kappa shape index (κ2) is 5.36. The summed E-state index contributed by atoms with van der Waals surface area (Å²) in [6.45, 7) is 1.57. The van der Waals surface area contributed by atoms with Gasteiger partial charge in [0.05, 0.1) is 5.02 Å². The maximum absolute atomic E-state index is 12.9. The van der Waals surface area contributed by atoms with Crippen LogP contribution >= 0.6 is 11.6 Å². The number of nitrogens with zero attached hydrogens (tertiary/aromatic N) is 1. The van der Waals surface area contributed by atoms with Gasteiger partial charge in [0.15, 0.2) is 6.61 Å². The lowest BCUT2D eigenvalue weighted by Crippen LogP contribution is -2.32. The van der Waals surface area contributed by atoms with E-state index in [1.807, 2.05) is 0 Å². The van der Waals surface area contributed by atoms with Crippen molar-refractivity contribution in [2.75, 3.05) is 19.7 Å². The molecule has 1 heterocycles. The zero-order chi connectivity index (χ0) is 12.3. The Labute approximate surface area is 104 Å². The quantitative estimate of drug-likeness (QED) is 0.833. The van der Waals surface area contributed by atoms with Crippen LogP contribution in [0.15, 0.2) is 18.2 Å². The lowest BCUT2D eigenvalue weighted by Gasteiger charge is -2.15. The molecule has 3 nitrogen and oxygen atoms in total. The first kappa shape index (κ1) is 12.2. The number of benzene rings is 1. The molecule has 1 saturated heterocycles. The normalized spacial score (nSPS) is 15.1. The molecular formula is C12H13ClFNO2. The summed E-state index contributed by atoms with van der Waals surface area (Å²) >= 11 is 5.61. The molecule has 0 bridgehead atoms. The molecule has 0 radical (unpaired) electrons. The molecule has 2 rings (SSSR count). The smallest absolute Gasteiger partial charge is 0.260 e. The van der Waals surface area contributed by atoms with Gasteiger partial charge in [-0.1, -0.05) is 11.6 Å². The minimum atomic E-state index is -0.495. The van der Waals surface area contributed by atoms with Crippen LogP contribution in [0.2, 0.25) is 5.02 Å². The van der Waals surface area contributed by atoms with Crippen molar-refractivity contribution in [3.8, 4) is 5.75 Å². The monoisotopic (exact) mass is 257 g/mol. The van der Waals surface area contributed by atoms with Crippen molar-refractivity contribution in [2.24, 2.45) is 0 Å². The predicted molar refractivity (Wildman–Crippen MR) is 62.7 cm³/mol. The average molecular weight is 258 g/mol. The first-order valence-electron chi connectivity index (χ1n) is 5.52. The molecule has 0 saturated carbocycles. The molecule has 0 aromatic heterocycles. The summed E-state index contributed by atoms with van der Waals surface area (Å²) in [5, 5.41) is -0.00359. The fraction of sp³-hybridized carbons (Fsp3) is 0.417. The fourth-order valence-corrected chi connectivity index (χ4v) is 1.94. The van der Waals surface area contributed by atoms with Crippen LogP contribution in [0.25, 0.3) is 0 Å². The fourth-order valence-electron chi connectivity index (χ4n) is 1.77. The van der Waals surface area contributed by atoms with Crippen molar-refractivity contribution in [1.82, 2.24) is 4.90 Å². The van der Waals surface area contributed by atoms with E-state index >= 15 is 0 Å². The third kappa shape index (κ3) is 3.09. The Balaban J connectivity index is 1.88. The number of ether oxygens (including phenoxy) is 1. The topological polar surface area (TPSA) is 29.5 Å². The van der Waals surface area contributed by atoms with E-state index in [1.165, 1.54) is 18.2 Å². The van der Waals surface area contributed by atoms with Gasteiger partial charge in [-0.3, -0.25) is 4.79 Å². The van der Waals surface area contributed by atoms with Crippen LogP contribution < -0.4 is 4.74 Å². The third-order valence-electron chi connectivity index (χ3n) is 2.71. The molecule has 92 valence electrons. The van der Waals surface area contributed by atoms with Crippen LogP contribution in [-0.4, -0.2) is 30.5 Å². The van der Waals surface area contributed by atoms with Gasteiger partial charge in [0.1, 0.15) is 11.6 Å². The zero-order valence-corrected chi connectivity index (χ0v) is 10.0. The highest BCUT2D eigenvalue weighted by atomic mass is 35.5. The highest BCUT2D eigenvalue weighted by molar-refractivity contribution is 6.30. The summed E-state index contributed by atoms with van der Waals surface area (Å²) in [4.78, 5) is 13.4. The van der Waals surface area contributed by atoms with E-state index < -0.39 is 5.82 Å². The molecule has 0 aliphatic carbocycles. The molecule has 0 N–H and O–H groups in total. The number of amides is 1. The third-order valence-corrected chi connectivity index (χ3v) is 3.00. The number of hydrogen-bond acceptors (Lipinski definition) is 2. The molecule has 1 aliphatic rings. The summed E-state index contributed by atoms with van der Waals surface area (Å²) in [7, 11) is 0. The summed E-state index contributed by atoms with van der Waals surface area (Å²) < 4.78 is 18.2. The molecule has 1 amide bonds. The van der Waals surface area contributed by atoms with E-state index in [4.69, 9.17) is 16.3 Å².